The summed E-state index contributed by atoms with van der Waals surface area (Å²) < 4.78 is 0. The molecule has 1 heteroatoms. The van der Waals surface area contributed by atoms with Crippen LogP contribution in [0.2, 0.25) is 0 Å². The van der Waals surface area contributed by atoms with E-state index in [1.165, 1.54) is 44.9 Å². The van der Waals surface area contributed by atoms with E-state index in [0.29, 0.717) is 5.41 Å². The summed E-state index contributed by atoms with van der Waals surface area (Å²) in [5.74, 6) is 0. The van der Waals surface area contributed by atoms with Gasteiger partial charge in [0.25, 0.3) is 0 Å². The molecule has 13 heavy (non-hydrogen) atoms. The van der Waals surface area contributed by atoms with Gasteiger partial charge >= 0.3 is 0 Å². The molecule has 0 aliphatic heterocycles. The highest BCUT2D eigenvalue weighted by Crippen LogP contribution is 2.49. The van der Waals surface area contributed by atoms with Crippen LogP contribution < -0.4 is 0 Å². The highest BCUT2D eigenvalue weighted by molar-refractivity contribution is 4.92. The van der Waals surface area contributed by atoms with E-state index in [1.54, 1.807) is 0 Å². The molecule has 0 radical (unpaired) electrons. The van der Waals surface area contributed by atoms with E-state index in [1.807, 2.05) is 6.92 Å². The third-order valence-electron chi connectivity index (χ3n) is 4.30. The summed E-state index contributed by atoms with van der Waals surface area (Å²) in [6, 6.07) is 0. The van der Waals surface area contributed by atoms with Crippen molar-refractivity contribution < 1.29 is 5.11 Å². The van der Waals surface area contributed by atoms with Gasteiger partial charge in [-0.05, 0) is 50.9 Å². The molecule has 0 unspecified atom stereocenters. The maximum absolute atomic E-state index is 9.89. The Bertz CT molecular complexity index is 166. The van der Waals surface area contributed by atoms with Crippen molar-refractivity contribution in [2.75, 3.05) is 0 Å². The smallest absolute Gasteiger partial charge is 0.0620 e. The van der Waals surface area contributed by atoms with Gasteiger partial charge in [0, 0.05) is 0 Å². The number of aliphatic hydroxyl groups is 1. The van der Waals surface area contributed by atoms with E-state index in [4.69, 9.17) is 0 Å². The van der Waals surface area contributed by atoms with Crippen molar-refractivity contribution in [1.82, 2.24) is 0 Å². The van der Waals surface area contributed by atoms with Crippen LogP contribution in [0.15, 0.2) is 0 Å². The van der Waals surface area contributed by atoms with Gasteiger partial charge in [0.05, 0.1) is 5.60 Å². The van der Waals surface area contributed by atoms with Gasteiger partial charge in [-0.3, -0.25) is 0 Å². The van der Waals surface area contributed by atoms with Crippen molar-refractivity contribution in [3.63, 3.8) is 0 Å². The minimum atomic E-state index is -0.345. The van der Waals surface area contributed by atoms with Crippen molar-refractivity contribution in [1.29, 1.82) is 0 Å². The lowest BCUT2D eigenvalue weighted by Crippen LogP contribution is -2.37. The van der Waals surface area contributed by atoms with Gasteiger partial charge in [0.2, 0.25) is 0 Å². The van der Waals surface area contributed by atoms with Crippen LogP contribution in [-0.4, -0.2) is 10.7 Å². The van der Waals surface area contributed by atoms with Gasteiger partial charge in [-0.1, -0.05) is 19.3 Å². The van der Waals surface area contributed by atoms with E-state index in [-0.39, 0.29) is 5.60 Å². The molecule has 2 aliphatic rings. The fourth-order valence-corrected chi connectivity index (χ4v) is 3.12. The molecule has 0 heterocycles. The number of hydrogen-bond acceptors (Lipinski definition) is 1. The van der Waals surface area contributed by atoms with Crippen molar-refractivity contribution in [3.05, 3.63) is 0 Å². The van der Waals surface area contributed by atoms with E-state index < -0.39 is 0 Å². The quantitative estimate of drug-likeness (QED) is 0.609. The van der Waals surface area contributed by atoms with Gasteiger partial charge in [-0.25, -0.2) is 0 Å². The van der Waals surface area contributed by atoms with E-state index in [2.05, 4.69) is 0 Å². The first-order valence-electron chi connectivity index (χ1n) is 5.84. The lowest BCUT2D eigenvalue weighted by Gasteiger charge is -2.45. The summed E-state index contributed by atoms with van der Waals surface area (Å²) in [5.41, 5.74) is 0.309. The van der Waals surface area contributed by atoms with Gasteiger partial charge in [-0.15, -0.1) is 0 Å². The van der Waals surface area contributed by atoms with Gasteiger partial charge in [-0.2, -0.15) is 0 Å². The summed E-state index contributed by atoms with van der Waals surface area (Å²) >= 11 is 0. The van der Waals surface area contributed by atoms with Crippen molar-refractivity contribution in [3.8, 4) is 0 Å². The van der Waals surface area contributed by atoms with Crippen LogP contribution in [-0.2, 0) is 0 Å². The highest BCUT2D eigenvalue weighted by atomic mass is 16.3. The Morgan fingerprint density at radius 1 is 0.769 bits per heavy atom. The average molecular weight is 182 g/mol. The lowest BCUT2D eigenvalue weighted by atomic mass is 9.62. The van der Waals surface area contributed by atoms with Crippen molar-refractivity contribution in [2.45, 2.75) is 70.3 Å². The van der Waals surface area contributed by atoms with Gasteiger partial charge in [0.1, 0.15) is 0 Å². The van der Waals surface area contributed by atoms with Crippen LogP contribution >= 0.6 is 0 Å². The predicted octanol–water partition coefficient (Wildman–Crippen LogP) is 3.26. The molecule has 0 amide bonds. The molecule has 1 nitrogen and oxygen atoms in total. The molecule has 0 aromatic carbocycles. The first-order valence-corrected chi connectivity index (χ1v) is 5.84. The maximum Gasteiger partial charge on any atom is 0.0620 e. The van der Waals surface area contributed by atoms with E-state index in [0.717, 1.165) is 12.8 Å². The molecule has 2 rings (SSSR count). The van der Waals surface area contributed by atoms with E-state index >= 15 is 0 Å². The SMILES string of the molecule is CC1(O)CCC2(CCCCC2)CC1. The summed E-state index contributed by atoms with van der Waals surface area (Å²) in [4.78, 5) is 0. The molecule has 0 atom stereocenters. The second-order valence-corrected chi connectivity index (χ2v) is 5.56. The molecule has 2 aliphatic carbocycles. The topological polar surface area (TPSA) is 20.2 Å². The normalized spacial score (nSPS) is 31.8. The Morgan fingerprint density at radius 3 is 1.85 bits per heavy atom. The second kappa shape index (κ2) is 3.27. The van der Waals surface area contributed by atoms with Gasteiger partial charge < -0.3 is 5.11 Å². The monoisotopic (exact) mass is 182 g/mol. The van der Waals surface area contributed by atoms with E-state index in [9.17, 15) is 5.11 Å². The van der Waals surface area contributed by atoms with Crippen LogP contribution in [0.4, 0.5) is 0 Å². The fourth-order valence-electron chi connectivity index (χ4n) is 3.12. The molecule has 1 spiro atoms. The maximum atomic E-state index is 9.89. The highest BCUT2D eigenvalue weighted by Gasteiger charge is 2.39. The first-order chi connectivity index (χ1) is 6.12. The molecule has 0 aromatic rings. The number of rotatable bonds is 0. The molecule has 2 fully saturated rings. The molecule has 0 aromatic heterocycles. The minimum absolute atomic E-state index is 0.345. The van der Waals surface area contributed by atoms with Crippen LogP contribution in [0.3, 0.4) is 0 Å². The second-order valence-electron chi connectivity index (χ2n) is 5.56. The Balaban J connectivity index is 1.95. The van der Waals surface area contributed by atoms with Crippen LogP contribution in [0.1, 0.15) is 64.7 Å². The number of hydrogen-bond donors (Lipinski definition) is 1. The zero-order valence-corrected chi connectivity index (χ0v) is 8.81. The third kappa shape index (κ3) is 2.07. The van der Waals surface area contributed by atoms with Crippen LogP contribution in [0.5, 0.6) is 0 Å². The molecule has 0 saturated heterocycles. The summed E-state index contributed by atoms with van der Waals surface area (Å²) in [7, 11) is 0. The van der Waals surface area contributed by atoms with Crippen molar-refractivity contribution in [2.24, 2.45) is 5.41 Å². The Kier molecular flexibility index (Phi) is 2.39. The van der Waals surface area contributed by atoms with Crippen molar-refractivity contribution >= 4 is 0 Å². The Hall–Kier alpha value is -0.0400. The zero-order chi connectivity index (χ0) is 9.36. The minimum Gasteiger partial charge on any atom is -0.390 e. The molecule has 1 N–H and O–H groups in total. The molecule has 76 valence electrons. The Morgan fingerprint density at radius 2 is 1.31 bits per heavy atom. The lowest BCUT2D eigenvalue weighted by molar-refractivity contribution is -0.0307. The predicted molar refractivity (Wildman–Crippen MR) is 54.6 cm³/mol. The molecule has 0 bridgehead atoms. The van der Waals surface area contributed by atoms with Crippen LogP contribution in [0.25, 0.3) is 0 Å². The summed E-state index contributed by atoms with van der Waals surface area (Å²) in [6.07, 6.45) is 11.8. The molecular weight excluding hydrogens is 160 g/mol. The van der Waals surface area contributed by atoms with Crippen LogP contribution in [0, 0.1) is 5.41 Å². The standard InChI is InChI=1S/C12H22O/c1-11(13)7-9-12(10-8-11)5-3-2-4-6-12/h13H,2-10H2,1H3. The summed E-state index contributed by atoms with van der Waals surface area (Å²) in [6.45, 7) is 2.00. The van der Waals surface area contributed by atoms with Gasteiger partial charge in [0.15, 0.2) is 0 Å². The molecule has 2 saturated carbocycles. The average Bonchev–Trinajstić information content (AvgIpc) is 2.13. The summed E-state index contributed by atoms with van der Waals surface area (Å²) in [5, 5.41) is 9.89. The fraction of sp³-hybridized carbons (Fsp3) is 1.00. The Labute approximate surface area is 81.5 Å². The first kappa shape index (κ1) is 9.51. The largest absolute Gasteiger partial charge is 0.390 e. The molecular formula is C12H22O. The third-order valence-corrected chi connectivity index (χ3v) is 4.30. The zero-order valence-electron chi connectivity index (χ0n) is 8.81.